The first kappa shape index (κ1) is 18.7. The Labute approximate surface area is 138 Å². The third-order valence-corrected chi connectivity index (χ3v) is 2.64. The second kappa shape index (κ2) is 9.62. The molecule has 9 heteroatoms. The summed E-state index contributed by atoms with van der Waals surface area (Å²) in [6, 6.07) is 0. The van der Waals surface area contributed by atoms with Gasteiger partial charge in [-0.25, -0.2) is 0 Å². The van der Waals surface area contributed by atoms with Crippen LogP contribution < -0.4 is 16.0 Å². The molecule has 1 heterocycles. The molecule has 0 spiro atoms. The highest BCUT2D eigenvalue weighted by Gasteiger charge is 2.27. The third kappa shape index (κ3) is 4.83. The highest BCUT2D eigenvalue weighted by molar-refractivity contribution is 6.12. The van der Waals surface area contributed by atoms with E-state index in [1.807, 2.05) is 0 Å². The summed E-state index contributed by atoms with van der Waals surface area (Å²) < 4.78 is 0. The van der Waals surface area contributed by atoms with Crippen LogP contribution in [0.1, 0.15) is 31.3 Å². The zero-order chi connectivity index (χ0) is 17.9. The van der Waals surface area contributed by atoms with Crippen molar-refractivity contribution in [3.05, 3.63) is 54.9 Å². The molecule has 0 aliphatic carbocycles. The number of carbonyl (C=O) groups is 3. The van der Waals surface area contributed by atoms with Gasteiger partial charge >= 0.3 is 0 Å². The van der Waals surface area contributed by atoms with Crippen molar-refractivity contribution in [1.82, 2.24) is 31.4 Å². The van der Waals surface area contributed by atoms with Gasteiger partial charge in [0.15, 0.2) is 11.4 Å². The van der Waals surface area contributed by atoms with Crippen molar-refractivity contribution in [3.63, 3.8) is 0 Å². The Hall–Kier alpha value is -3.36. The highest BCUT2D eigenvalue weighted by atomic mass is 16.2. The predicted octanol–water partition coefficient (Wildman–Crippen LogP) is -0.381. The number of rotatable bonds is 9. The van der Waals surface area contributed by atoms with E-state index in [-0.39, 0.29) is 36.6 Å². The standard InChI is InChI=1S/C15H18N6O3/c1-4-7-16-13(22)10-11(14(23)17-8-5-2)19-21-20-12(10)15(24)18-9-6-3/h4-6H,1-3,7-9H2,(H,16,22)(H,17,23)(H,18,24). The Morgan fingerprint density at radius 1 is 0.750 bits per heavy atom. The molecule has 0 atom stereocenters. The molecule has 126 valence electrons. The van der Waals surface area contributed by atoms with E-state index in [4.69, 9.17) is 0 Å². The summed E-state index contributed by atoms with van der Waals surface area (Å²) in [5.41, 5.74) is -0.885. The van der Waals surface area contributed by atoms with E-state index in [1.54, 1.807) is 0 Å². The fraction of sp³-hybridized carbons (Fsp3) is 0.200. The lowest BCUT2D eigenvalue weighted by Crippen LogP contribution is -2.35. The maximum absolute atomic E-state index is 12.3. The molecule has 0 unspecified atom stereocenters. The maximum Gasteiger partial charge on any atom is 0.273 e. The molecule has 9 nitrogen and oxygen atoms in total. The van der Waals surface area contributed by atoms with E-state index in [9.17, 15) is 14.4 Å². The van der Waals surface area contributed by atoms with Crippen molar-refractivity contribution < 1.29 is 14.4 Å². The fourth-order valence-electron chi connectivity index (χ4n) is 1.61. The van der Waals surface area contributed by atoms with Gasteiger partial charge in [-0.15, -0.1) is 29.9 Å². The molecular formula is C15H18N6O3. The zero-order valence-corrected chi connectivity index (χ0v) is 13.0. The van der Waals surface area contributed by atoms with E-state index >= 15 is 0 Å². The van der Waals surface area contributed by atoms with Gasteiger partial charge in [0.2, 0.25) is 0 Å². The van der Waals surface area contributed by atoms with Crippen LogP contribution in [0.5, 0.6) is 0 Å². The Kier molecular flexibility index (Phi) is 7.49. The van der Waals surface area contributed by atoms with Gasteiger partial charge in [-0.3, -0.25) is 14.4 Å². The minimum Gasteiger partial charge on any atom is -0.348 e. The van der Waals surface area contributed by atoms with Gasteiger partial charge in [0.05, 0.1) is 0 Å². The highest BCUT2D eigenvalue weighted by Crippen LogP contribution is 2.10. The first-order chi connectivity index (χ1) is 11.6. The number of amides is 3. The largest absolute Gasteiger partial charge is 0.348 e. The smallest absolute Gasteiger partial charge is 0.273 e. The first-order valence-electron chi connectivity index (χ1n) is 6.97. The molecule has 3 amide bonds. The van der Waals surface area contributed by atoms with Crippen LogP contribution in [-0.2, 0) is 0 Å². The second-order valence-electron chi connectivity index (χ2n) is 4.36. The fourth-order valence-corrected chi connectivity index (χ4v) is 1.61. The lowest BCUT2D eigenvalue weighted by atomic mass is 10.1. The van der Waals surface area contributed by atoms with Gasteiger partial charge in [0, 0.05) is 19.6 Å². The molecule has 3 N–H and O–H groups in total. The van der Waals surface area contributed by atoms with Crippen molar-refractivity contribution in [2.45, 2.75) is 0 Å². The monoisotopic (exact) mass is 330 g/mol. The summed E-state index contributed by atoms with van der Waals surface area (Å²) in [4.78, 5) is 36.6. The van der Waals surface area contributed by atoms with Crippen LogP contribution >= 0.6 is 0 Å². The van der Waals surface area contributed by atoms with Crippen LogP contribution in [-0.4, -0.2) is 52.8 Å². The Bertz CT molecular complexity index is 629. The molecule has 0 fully saturated rings. The number of nitrogens with zero attached hydrogens (tertiary/aromatic N) is 3. The summed E-state index contributed by atoms with van der Waals surface area (Å²) in [7, 11) is 0. The number of carbonyl (C=O) groups excluding carboxylic acids is 3. The minimum atomic E-state index is -0.690. The van der Waals surface area contributed by atoms with Gasteiger partial charge in [-0.2, -0.15) is 0 Å². The quantitative estimate of drug-likeness (QED) is 0.530. The van der Waals surface area contributed by atoms with Gasteiger partial charge in [0.1, 0.15) is 5.56 Å². The van der Waals surface area contributed by atoms with Crippen LogP contribution in [0.15, 0.2) is 38.0 Å². The molecule has 1 aromatic rings. The van der Waals surface area contributed by atoms with Crippen LogP contribution in [0.2, 0.25) is 0 Å². The van der Waals surface area contributed by atoms with Crippen LogP contribution in [0, 0.1) is 0 Å². The van der Waals surface area contributed by atoms with E-state index in [0.29, 0.717) is 0 Å². The minimum absolute atomic E-state index is 0.141. The zero-order valence-electron chi connectivity index (χ0n) is 13.0. The van der Waals surface area contributed by atoms with Gasteiger partial charge < -0.3 is 16.0 Å². The summed E-state index contributed by atoms with van der Waals surface area (Å²) in [5.74, 6) is -2.04. The second-order valence-corrected chi connectivity index (χ2v) is 4.36. The predicted molar refractivity (Wildman–Crippen MR) is 87.4 cm³/mol. The molecule has 0 saturated carbocycles. The Balaban J connectivity index is 3.31. The van der Waals surface area contributed by atoms with Gasteiger partial charge in [-0.1, -0.05) is 18.2 Å². The SMILES string of the molecule is C=CCNC(=O)c1nnnc(C(=O)NCC=C)c1C(=O)NCC=C. The van der Waals surface area contributed by atoms with Gasteiger partial charge in [-0.05, 0) is 5.21 Å². The van der Waals surface area contributed by atoms with E-state index < -0.39 is 17.7 Å². The van der Waals surface area contributed by atoms with Crippen molar-refractivity contribution in [2.24, 2.45) is 0 Å². The molecule has 0 aromatic carbocycles. The van der Waals surface area contributed by atoms with E-state index in [2.05, 4.69) is 51.1 Å². The van der Waals surface area contributed by atoms with Crippen molar-refractivity contribution in [2.75, 3.05) is 19.6 Å². The van der Waals surface area contributed by atoms with E-state index in [0.717, 1.165) is 0 Å². The van der Waals surface area contributed by atoms with E-state index in [1.165, 1.54) is 18.2 Å². The molecule has 1 aromatic heterocycles. The molecule has 0 radical (unpaired) electrons. The average molecular weight is 330 g/mol. The summed E-state index contributed by atoms with van der Waals surface area (Å²) in [5, 5.41) is 18.0. The molecule has 24 heavy (non-hydrogen) atoms. The Morgan fingerprint density at radius 3 is 1.50 bits per heavy atom. The number of nitrogens with one attached hydrogen (secondary N) is 3. The summed E-state index contributed by atoms with van der Waals surface area (Å²) >= 11 is 0. The van der Waals surface area contributed by atoms with Crippen LogP contribution in [0.3, 0.4) is 0 Å². The van der Waals surface area contributed by atoms with Gasteiger partial charge in [0.25, 0.3) is 17.7 Å². The van der Waals surface area contributed by atoms with Crippen molar-refractivity contribution in [1.29, 1.82) is 0 Å². The van der Waals surface area contributed by atoms with Crippen LogP contribution in [0.25, 0.3) is 0 Å². The first-order valence-corrected chi connectivity index (χ1v) is 6.97. The molecular weight excluding hydrogens is 312 g/mol. The lowest BCUT2D eigenvalue weighted by Gasteiger charge is -2.11. The normalized spacial score (nSPS) is 9.50. The summed E-state index contributed by atoms with van der Waals surface area (Å²) in [6.07, 6.45) is 4.37. The third-order valence-electron chi connectivity index (χ3n) is 2.64. The lowest BCUT2D eigenvalue weighted by molar-refractivity contribution is 0.0901. The Morgan fingerprint density at radius 2 is 1.12 bits per heavy atom. The molecule has 0 saturated heterocycles. The molecule has 1 rings (SSSR count). The number of aromatic nitrogens is 3. The molecule has 0 bridgehead atoms. The van der Waals surface area contributed by atoms with Crippen molar-refractivity contribution >= 4 is 17.7 Å². The topological polar surface area (TPSA) is 126 Å². The van der Waals surface area contributed by atoms with Crippen LogP contribution in [0.4, 0.5) is 0 Å². The molecule has 0 aliphatic rings. The number of hydrogen-bond donors (Lipinski definition) is 3. The molecule has 0 aliphatic heterocycles. The summed E-state index contributed by atoms with van der Waals surface area (Å²) in [6.45, 7) is 10.9. The van der Waals surface area contributed by atoms with Crippen molar-refractivity contribution in [3.8, 4) is 0 Å². The number of hydrogen-bond acceptors (Lipinski definition) is 6. The average Bonchev–Trinajstić information content (AvgIpc) is 2.61. The maximum atomic E-state index is 12.3.